The van der Waals surface area contributed by atoms with Gasteiger partial charge in [0.05, 0.1) is 26.7 Å². The fourth-order valence-electron chi connectivity index (χ4n) is 5.63. The molecule has 180 valence electrons. The molecular formula is C22H30Cl3FN2O4. The predicted molar refractivity (Wildman–Crippen MR) is 123 cm³/mol. The molecule has 0 aromatic carbocycles. The van der Waals surface area contributed by atoms with E-state index in [1.54, 1.807) is 6.92 Å². The summed E-state index contributed by atoms with van der Waals surface area (Å²) in [5, 5.41) is 19.7. The highest BCUT2D eigenvalue weighted by molar-refractivity contribution is 6.47. The lowest BCUT2D eigenvalue weighted by Crippen LogP contribution is -2.72. The van der Waals surface area contributed by atoms with Crippen LogP contribution in [-0.2, 0) is 11.2 Å². The van der Waals surface area contributed by atoms with Gasteiger partial charge >= 0.3 is 12.1 Å². The Morgan fingerprint density at radius 3 is 2.06 bits per heavy atom. The van der Waals surface area contributed by atoms with E-state index in [-0.39, 0.29) is 35.3 Å². The van der Waals surface area contributed by atoms with E-state index in [0.29, 0.717) is 0 Å². The van der Waals surface area contributed by atoms with Gasteiger partial charge in [-0.1, -0.05) is 76.3 Å². The molecule has 2 heterocycles. The maximum Gasteiger partial charge on any atom is 0.407 e. The number of piperidine rings is 1. The number of hydrogen-bond acceptors (Lipinski definition) is 3. The first-order valence-corrected chi connectivity index (χ1v) is 11.4. The van der Waals surface area contributed by atoms with Crippen molar-refractivity contribution in [3.63, 3.8) is 0 Å². The second-order valence-corrected chi connectivity index (χ2v) is 11.9. The van der Waals surface area contributed by atoms with Crippen LogP contribution in [-0.4, -0.2) is 44.2 Å². The number of amides is 1. The lowest BCUT2D eigenvalue weighted by molar-refractivity contribution is -0.188. The highest BCUT2D eigenvalue weighted by Gasteiger charge is 2.66. The number of halogens is 4. The molecule has 2 N–H and O–H groups in total. The van der Waals surface area contributed by atoms with Gasteiger partial charge in [0.25, 0.3) is 0 Å². The van der Waals surface area contributed by atoms with Crippen molar-refractivity contribution < 1.29 is 24.2 Å². The third kappa shape index (κ3) is 4.16. The highest BCUT2D eigenvalue weighted by atomic mass is 35.5. The van der Waals surface area contributed by atoms with Gasteiger partial charge in [0.15, 0.2) is 5.82 Å². The van der Waals surface area contributed by atoms with Crippen LogP contribution < -0.4 is 0 Å². The average molecular weight is 512 g/mol. The number of carboxylic acid groups (broad SMARTS) is 2. The van der Waals surface area contributed by atoms with Crippen LogP contribution in [0.3, 0.4) is 0 Å². The normalized spacial score (nSPS) is 26.8. The quantitative estimate of drug-likeness (QED) is 0.444. The molecule has 2 rings (SSSR count). The van der Waals surface area contributed by atoms with Crippen LogP contribution in [0.1, 0.15) is 60.6 Å². The number of rotatable bonds is 3. The third-order valence-corrected chi connectivity index (χ3v) is 8.22. The smallest absolute Gasteiger partial charge is 0.407 e. The lowest BCUT2D eigenvalue weighted by atomic mass is 9.47. The third-order valence-electron chi connectivity index (χ3n) is 7.03. The van der Waals surface area contributed by atoms with Gasteiger partial charge < -0.3 is 15.1 Å². The zero-order chi connectivity index (χ0) is 25.0. The number of carbonyl (C=O) groups is 2. The standard InChI is InChI=1S/C22H30Cl3FN2O4/c1-19(2,3)16-21(7,20(4,5)6)28(18(31)32)9-8-22(16,17(29)30)10-11-14(26)12(23)13(24)15(25)27-11/h16H,8-10H2,1-7H3,(H,29,30)(H,31,32)/t16?,21-,22-/m1/s1. The van der Waals surface area contributed by atoms with Crippen molar-refractivity contribution in [3.8, 4) is 0 Å². The Kier molecular flexibility index (Phi) is 7.14. The van der Waals surface area contributed by atoms with E-state index in [2.05, 4.69) is 4.98 Å². The number of nitrogens with zero attached hydrogens (tertiary/aromatic N) is 2. The largest absolute Gasteiger partial charge is 0.481 e. The van der Waals surface area contributed by atoms with Gasteiger partial charge in [-0.05, 0) is 24.2 Å². The molecule has 1 aliphatic rings. The Morgan fingerprint density at radius 1 is 1.12 bits per heavy atom. The number of pyridine rings is 1. The molecule has 32 heavy (non-hydrogen) atoms. The summed E-state index contributed by atoms with van der Waals surface area (Å²) in [6, 6.07) is 0. The zero-order valence-corrected chi connectivity index (χ0v) is 21.6. The molecule has 1 aromatic rings. The molecule has 1 amide bonds. The van der Waals surface area contributed by atoms with Crippen molar-refractivity contribution in [1.29, 1.82) is 0 Å². The van der Waals surface area contributed by atoms with Crippen LogP contribution in [0.25, 0.3) is 0 Å². The minimum atomic E-state index is -1.54. The Bertz CT molecular complexity index is 945. The molecule has 1 fully saturated rings. The summed E-state index contributed by atoms with van der Waals surface area (Å²) in [5.74, 6) is -2.80. The minimum Gasteiger partial charge on any atom is -0.481 e. The van der Waals surface area contributed by atoms with E-state index in [9.17, 15) is 19.8 Å². The highest BCUT2D eigenvalue weighted by Crippen LogP contribution is 2.60. The van der Waals surface area contributed by atoms with Crippen LogP contribution in [0.15, 0.2) is 0 Å². The number of hydrogen-bond donors (Lipinski definition) is 2. The molecule has 6 nitrogen and oxygen atoms in total. The Hall–Kier alpha value is -1.31. The van der Waals surface area contributed by atoms with Crippen molar-refractivity contribution in [3.05, 3.63) is 26.7 Å². The molecule has 0 spiro atoms. The molecule has 0 aliphatic carbocycles. The topological polar surface area (TPSA) is 90.7 Å². The van der Waals surface area contributed by atoms with E-state index >= 15 is 4.39 Å². The van der Waals surface area contributed by atoms with Crippen LogP contribution in [0.4, 0.5) is 9.18 Å². The first-order chi connectivity index (χ1) is 14.3. The summed E-state index contributed by atoms with van der Waals surface area (Å²) in [6.07, 6.45) is -1.47. The van der Waals surface area contributed by atoms with Crippen molar-refractivity contribution in [2.45, 2.75) is 66.8 Å². The fraction of sp³-hybridized carbons (Fsp3) is 0.682. The van der Waals surface area contributed by atoms with E-state index in [1.807, 2.05) is 41.5 Å². The zero-order valence-electron chi connectivity index (χ0n) is 19.3. The van der Waals surface area contributed by atoms with Gasteiger partial charge in [0.2, 0.25) is 0 Å². The van der Waals surface area contributed by atoms with Gasteiger partial charge in [-0.3, -0.25) is 4.79 Å². The maximum absolute atomic E-state index is 15.1. The second kappa shape index (κ2) is 8.48. The summed E-state index contributed by atoms with van der Waals surface area (Å²) < 4.78 is 15.1. The van der Waals surface area contributed by atoms with E-state index in [0.717, 1.165) is 0 Å². The first kappa shape index (κ1) is 26.9. The summed E-state index contributed by atoms with van der Waals surface area (Å²) >= 11 is 17.9. The van der Waals surface area contributed by atoms with Crippen molar-refractivity contribution >= 4 is 46.9 Å². The maximum atomic E-state index is 15.1. The molecule has 0 saturated carbocycles. The van der Waals surface area contributed by atoms with Crippen molar-refractivity contribution in [2.24, 2.45) is 22.2 Å². The summed E-state index contributed by atoms with van der Waals surface area (Å²) in [7, 11) is 0. The van der Waals surface area contributed by atoms with Crippen LogP contribution >= 0.6 is 34.8 Å². The molecule has 1 aromatic heterocycles. The first-order valence-electron chi connectivity index (χ1n) is 10.2. The SMILES string of the molecule is CC(C)(C)C1[C@@](Cc2nc(Cl)c(Cl)c(Cl)c2F)(C(=O)O)CCN(C(=O)O)[C@@]1(C)C(C)(C)C. The summed E-state index contributed by atoms with van der Waals surface area (Å²) in [5.41, 5.74) is -4.18. The Morgan fingerprint density at radius 2 is 1.66 bits per heavy atom. The van der Waals surface area contributed by atoms with Gasteiger partial charge in [0.1, 0.15) is 5.15 Å². The fourth-order valence-corrected chi connectivity index (χ4v) is 6.20. The minimum absolute atomic E-state index is 0.0266. The van der Waals surface area contributed by atoms with E-state index < -0.39 is 50.6 Å². The van der Waals surface area contributed by atoms with Crippen molar-refractivity contribution in [2.75, 3.05) is 6.54 Å². The lowest BCUT2D eigenvalue weighted by Gasteiger charge is -2.64. The molecule has 0 bridgehead atoms. The summed E-state index contributed by atoms with van der Waals surface area (Å²) in [6.45, 7) is 13.0. The van der Waals surface area contributed by atoms with Gasteiger partial charge in [-0.2, -0.15) is 0 Å². The predicted octanol–water partition coefficient (Wildman–Crippen LogP) is 6.65. The van der Waals surface area contributed by atoms with Crippen LogP contribution in [0, 0.1) is 28.0 Å². The van der Waals surface area contributed by atoms with E-state index in [4.69, 9.17) is 34.8 Å². The number of likely N-dealkylation sites (tertiary alicyclic amines) is 1. The van der Waals surface area contributed by atoms with Gasteiger partial charge in [-0.25, -0.2) is 14.2 Å². The van der Waals surface area contributed by atoms with Crippen LogP contribution in [0.5, 0.6) is 0 Å². The van der Waals surface area contributed by atoms with Crippen LogP contribution in [0.2, 0.25) is 15.2 Å². The molecule has 1 unspecified atom stereocenters. The molecule has 3 atom stereocenters. The van der Waals surface area contributed by atoms with Gasteiger partial charge in [0, 0.05) is 18.9 Å². The monoisotopic (exact) mass is 510 g/mol. The molecule has 10 heteroatoms. The van der Waals surface area contributed by atoms with Gasteiger partial charge in [-0.15, -0.1) is 0 Å². The molecule has 0 radical (unpaired) electrons. The van der Waals surface area contributed by atoms with Crippen molar-refractivity contribution in [1.82, 2.24) is 9.88 Å². The molecular weight excluding hydrogens is 482 g/mol. The van der Waals surface area contributed by atoms with E-state index in [1.165, 1.54) is 4.90 Å². The Labute approximate surface area is 203 Å². The second-order valence-electron chi connectivity index (χ2n) is 10.8. The molecule has 1 aliphatic heterocycles. The Balaban J connectivity index is 2.87. The average Bonchev–Trinajstić information content (AvgIpc) is 2.61. The number of aliphatic carboxylic acids is 1. The molecule has 1 saturated heterocycles. The number of aromatic nitrogens is 1. The number of carboxylic acids is 1. The summed E-state index contributed by atoms with van der Waals surface area (Å²) in [4.78, 5) is 30.6.